The molecule has 0 saturated carbocycles. The maximum Gasteiger partial charge on any atom is 0.222 e. The van der Waals surface area contributed by atoms with Gasteiger partial charge in [0.25, 0.3) is 0 Å². The van der Waals surface area contributed by atoms with Gasteiger partial charge in [0.1, 0.15) is 0 Å². The van der Waals surface area contributed by atoms with E-state index in [0.717, 1.165) is 32.4 Å². The Hall–Kier alpha value is -1.35. The Balaban J connectivity index is 1.63. The summed E-state index contributed by atoms with van der Waals surface area (Å²) < 4.78 is 5.58. The number of ether oxygens (including phenoxy) is 1. The van der Waals surface area contributed by atoms with E-state index in [9.17, 15) is 4.79 Å². The molecule has 2 rings (SSSR count). The number of nitrogens with one attached hydrogen (secondary N) is 1. The van der Waals surface area contributed by atoms with Crippen molar-refractivity contribution in [3.8, 4) is 0 Å². The van der Waals surface area contributed by atoms with Crippen LogP contribution in [0, 0.1) is 0 Å². The standard InChI is InChI=1S/C17H25NO2/c1-14(15-7-3-2-4-8-15)10-11-18-17(19)13-16-9-5-6-12-20-16/h2-4,7-8,14,16H,5-6,9-13H2,1H3,(H,18,19). The second-order valence-corrected chi connectivity index (χ2v) is 5.64. The summed E-state index contributed by atoms with van der Waals surface area (Å²) in [5, 5.41) is 3.01. The average molecular weight is 275 g/mol. The Morgan fingerprint density at radius 1 is 1.35 bits per heavy atom. The summed E-state index contributed by atoms with van der Waals surface area (Å²) in [5.41, 5.74) is 1.33. The quantitative estimate of drug-likeness (QED) is 0.865. The number of carbonyl (C=O) groups excluding carboxylic acids is 1. The predicted molar refractivity (Wildman–Crippen MR) is 80.7 cm³/mol. The zero-order chi connectivity index (χ0) is 14.2. The molecule has 1 aliphatic heterocycles. The molecule has 3 nitrogen and oxygen atoms in total. The molecule has 1 aromatic rings. The fraction of sp³-hybridized carbons (Fsp3) is 0.588. The summed E-state index contributed by atoms with van der Waals surface area (Å²) in [6, 6.07) is 10.4. The van der Waals surface area contributed by atoms with E-state index in [0.29, 0.717) is 12.3 Å². The molecule has 20 heavy (non-hydrogen) atoms. The average Bonchev–Trinajstić information content (AvgIpc) is 2.49. The highest BCUT2D eigenvalue weighted by Gasteiger charge is 2.17. The lowest BCUT2D eigenvalue weighted by atomic mass is 9.98. The maximum atomic E-state index is 11.8. The minimum Gasteiger partial charge on any atom is -0.378 e. The van der Waals surface area contributed by atoms with Crippen molar-refractivity contribution >= 4 is 5.91 Å². The third kappa shape index (κ3) is 4.97. The van der Waals surface area contributed by atoms with Gasteiger partial charge in [-0.2, -0.15) is 0 Å². The molecule has 0 aromatic heterocycles. The van der Waals surface area contributed by atoms with Gasteiger partial charge in [-0.3, -0.25) is 4.79 Å². The van der Waals surface area contributed by atoms with E-state index < -0.39 is 0 Å². The fourth-order valence-corrected chi connectivity index (χ4v) is 2.62. The van der Waals surface area contributed by atoms with Crippen LogP contribution in [-0.2, 0) is 9.53 Å². The van der Waals surface area contributed by atoms with Gasteiger partial charge in [-0.25, -0.2) is 0 Å². The normalized spacial score (nSPS) is 20.4. The Bertz CT molecular complexity index is 399. The van der Waals surface area contributed by atoms with E-state index in [2.05, 4.69) is 36.5 Å². The van der Waals surface area contributed by atoms with Crippen molar-refractivity contribution in [3.63, 3.8) is 0 Å². The van der Waals surface area contributed by atoms with Gasteiger partial charge in [-0.15, -0.1) is 0 Å². The van der Waals surface area contributed by atoms with E-state index in [1.165, 1.54) is 12.0 Å². The number of rotatable bonds is 6. The predicted octanol–water partition coefficient (Wildman–Crippen LogP) is 3.26. The minimum atomic E-state index is 0.122. The lowest BCUT2D eigenvalue weighted by molar-refractivity contribution is -0.124. The first-order chi connectivity index (χ1) is 9.75. The Morgan fingerprint density at radius 3 is 2.85 bits per heavy atom. The molecule has 1 saturated heterocycles. The van der Waals surface area contributed by atoms with Crippen LogP contribution < -0.4 is 5.32 Å². The lowest BCUT2D eigenvalue weighted by Gasteiger charge is -2.22. The van der Waals surface area contributed by atoms with Crippen molar-refractivity contribution in [2.45, 2.75) is 51.0 Å². The van der Waals surface area contributed by atoms with Crippen LogP contribution in [0.25, 0.3) is 0 Å². The van der Waals surface area contributed by atoms with Gasteiger partial charge in [0.15, 0.2) is 0 Å². The summed E-state index contributed by atoms with van der Waals surface area (Å²) in [4.78, 5) is 11.8. The molecule has 3 heteroatoms. The Kier molecular flexibility index (Phi) is 6.06. The van der Waals surface area contributed by atoms with Crippen LogP contribution in [0.3, 0.4) is 0 Å². The monoisotopic (exact) mass is 275 g/mol. The number of hydrogen-bond acceptors (Lipinski definition) is 2. The molecule has 0 spiro atoms. The largest absolute Gasteiger partial charge is 0.378 e. The number of benzene rings is 1. The van der Waals surface area contributed by atoms with Crippen molar-refractivity contribution < 1.29 is 9.53 Å². The first-order valence-corrected chi connectivity index (χ1v) is 7.69. The van der Waals surface area contributed by atoms with Gasteiger partial charge in [-0.1, -0.05) is 37.3 Å². The van der Waals surface area contributed by atoms with Gasteiger partial charge in [-0.05, 0) is 37.2 Å². The third-order valence-electron chi connectivity index (χ3n) is 3.96. The van der Waals surface area contributed by atoms with Crippen LogP contribution >= 0.6 is 0 Å². The Morgan fingerprint density at radius 2 is 2.15 bits per heavy atom. The van der Waals surface area contributed by atoms with Gasteiger partial charge < -0.3 is 10.1 Å². The molecular formula is C17H25NO2. The van der Waals surface area contributed by atoms with E-state index in [1.54, 1.807) is 0 Å². The molecule has 1 amide bonds. The molecule has 2 unspecified atom stereocenters. The van der Waals surface area contributed by atoms with E-state index in [4.69, 9.17) is 4.74 Å². The first kappa shape index (κ1) is 15.0. The molecule has 1 aromatic carbocycles. The summed E-state index contributed by atoms with van der Waals surface area (Å²) in [6.07, 6.45) is 4.96. The van der Waals surface area contributed by atoms with Crippen LogP contribution in [0.5, 0.6) is 0 Å². The summed E-state index contributed by atoms with van der Waals surface area (Å²) in [7, 11) is 0. The van der Waals surface area contributed by atoms with Crippen LogP contribution in [0.2, 0.25) is 0 Å². The highest BCUT2D eigenvalue weighted by Crippen LogP contribution is 2.18. The van der Waals surface area contributed by atoms with Crippen molar-refractivity contribution in [1.29, 1.82) is 0 Å². The topological polar surface area (TPSA) is 38.3 Å². The van der Waals surface area contributed by atoms with Gasteiger partial charge in [0.05, 0.1) is 12.5 Å². The zero-order valence-corrected chi connectivity index (χ0v) is 12.3. The molecule has 1 aliphatic rings. The molecule has 0 aliphatic carbocycles. The first-order valence-electron chi connectivity index (χ1n) is 7.69. The molecule has 1 fully saturated rings. The molecule has 110 valence electrons. The second kappa shape index (κ2) is 8.05. The fourth-order valence-electron chi connectivity index (χ4n) is 2.62. The molecule has 1 N–H and O–H groups in total. The van der Waals surface area contributed by atoms with Crippen molar-refractivity contribution in [2.75, 3.05) is 13.2 Å². The van der Waals surface area contributed by atoms with Crippen LogP contribution in [0.15, 0.2) is 30.3 Å². The Labute approximate surface area is 121 Å². The van der Waals surface area contributed by atoms with Crippen LogP contribution in [0.1, 0.15) is 50.5 Å². The summed E-state index contributed by atoms with van der Waals surface area (Å²) in [5.74, 6) is 0.597. The molecule has 0 radical (unpaired) electrons. The van der Waals surface area contributed by atoms with Gasteiger partial charge in [0.2, 0.25) is 5.91 Å². The van der Waals surface area contributed by atoms with Crippen molar-refractivity contribution in [1.82, 2.24) is 5.32 Å². The second-order valence-electron chi connectivity index (χ2n) is 5.64. The zero-order valence-electron chi connectivity index (χ0n) is 12.3. The van der Waals surface area contributed by atoms with Crippen LogP contribution in [-0.4, -0.2) is 25.2 Å². The highest BCUT2D eigenvalue weighted by atomic mass is 16.5. The number of amides is 1. The van der Waals surface area contributed by atoms with Crippen molar-refractivity contribution in [2.24, 2.45) is 0 Å². The molecule has 1 heterocycles. The van der Waals surface area contributed by atoms with Crippen molar-refractivity contribution in [3.05, 3.63) is 35.9 Å². The highest BCUT2D eigenvalue weighted by molar-refractivity contribution is 5.76. The SMILES string of the molecule is CC(CCNC(=O)CC1CCCCO1)c1ccccc1. The van der Waals surface area contributed by atoms with Crippen LogP contribution in [0.4, 0.5) is 0 Å². The summed E-state index contributed by atoms with van der Waals surface area (Å²) in [6.45, 7) is 3.75. The van der Waals surface area contributed by atoms with E-state index >= 15 is 0 Å². The summed E-state index contributed by atoms with van der Waals surface area (Å²) >= 11 is 0. The maximum absolute atomic E-state index is 11.8. The minimum absolute atomic E-state index is 0.122. The smallest absolute Gasteiger partial charge is 0.222 e. The number of carbonyl (C=O) groups is 1. The number of hydrogen-bond donors (Lipinski definition) is 1. The molecule has 0 bridgehead atoms. The molecule has 2 atom stereocenters. The van der Waals surface area contributed by atoms with E-state index in [-0.39, 0.29) is 12.0 Å². The van der Waals surface area contributed by atoms with E-state index in [1.807, 2.05) is 6.07 Å². The lowest BCUT2D eigenvalue weighted by Crippen LogP contribution is -2.31. The van der Waals surface area contributed by atoms with Gasteiger partial charge >= 0.3 is 0 Å². The molecular weight excluding hydrogens is 250 g/mol. The third-order valence-corrected chi connectivity index (χ3v) is 3.96. The van der Waals surface area contributed by atoms with Gasteiger partial charge in [0, 0.05) is 13.2 Å².